The average Bonchev–Trinajstić information content (AvgIpc) is 2.33. The number of benzene rings is 1. The van der Waals surface area contributed by atoms with Crippen molar-refractivity contribution in [1.82, 2.24) is 9.55 Å². The van der Waals surface area contributed by atoms with Gasteiger partial charge >= 0.3 is 0 Å². The molecule has 16 heavy (non-hydrogen) atoms. The predicted molar refractivity (Wildman–Crippen MR) is 69.0 cm³/mol. The minimum atomic E-state index is -0.0338. The first-order valence-electron chi connectivity index (χ1n) is 4.94. The van der Waals surface area contributed by atoms with Crippen LogP contribution in [0.5, 0.6) is 0 Å². The quantitative estimate of drug-likeness (QED) is 0.648. The first-order chi connectivity index (χ1) is 7.72. The Morgan fingerprint density at radius 2 is 2.19 bits per heavy atom. The molecule has 0 N–H and O–H groups in total. The number of nitrogens with zero attached hydrogens (tertiary/aromatic N) is 2. The molecule has 0 spiro atoms. The van der Waals surface area contributed by atoms with Crippen LogP contribution in [0.2, 0.25) is 0 Å². The number of hydrogen-bond acceptors (Lipinski definition) is 3. The van der Waals surface area contributed by atoms with Crippen molar-refractivity contribution >= 4 is 23.5 Å². The van der Waals surface area contributed by atoms with Crippen molar-refractivity contribution in [3.63, 3.8) is 0 Å². The Morgan fingerprint density at radius 1 is 1.44 bits per heavy atom. The molecule has 0 unspecified atom stereocenters. The standard InChI is InChI=1S/C12H12N2OS/c1-9(7-16)6-14-8-13-11-5-3-2-4-10(11)12(14)15/h2-5,8,16H,1,6-7H2. The molecule has 0 amide bonds. The molecular formula is C12H12N2OS. The van der Waals surface area contributed by atoms with Gasteiger partial charge in [-0.15, -0.1) is 0 Å². The second kappa shape index (κ2) is 4.53. The zero-order valence-corrected chi connectivity index (χ0v) is 9.65. The molecule has 0 radical (unpaired) electrons. The molecule has 0 saturated heterocycles. The van der Waals surface area contributed by atoms with Gasteiger partial charge in [0, 0.05) is 12.3 Å². The molecule has 4 heteroatoms. The number of aromatic nitrogens is 2. The Labute approximate surface area is 98.8 Å². The minimum absolute atomic E-state index is 0.0338. The summed E-state index contributed by atoms with van der Waals surface area (Å²) in [5, 5.41) is 0.636. The number of para-hydroxylation sites is 1. The predicted octanol–water partition coefficient (Wildman–Crippen LogP) is 1.88. The molecule has 2 aromatic rings. The Hall–Kier alpha value is -1.55. The van der Waals surface area contributed by atoms with E-state index in [-0.39, 0.29) is 5.56 Å². The van der Waals surface area contributed by atoms with E-state index in [1.54, 1.807) is 17.0 Å². The Kier molecular flexibility index (Phi) is 3.10. The maximum absolute atomic E-state index is 12.0. The number of fused-ring (bicyclic) bond motifs is 1. The maximum Gasteiger partial charge on any atom is 0.261 e. The SMILES string of the molecule is C=C(CS)Cn1cnc2ccccc2c1=O. The fourth-order valence-electron chi connectivity index (χ4n) is 1.51. The van der Waals surface area contributed by atoms with Gasteiger partial charge in [-0.2, -0.15) is 12.6 Å². The van der Waals surface area contributed by atoms with E-state index in [0.29, 0.717) is 17.7 Å². The Morgan fingerprint density at radius 3 is 2.94 bits per heavy atom. The van der Waals surface area contributed by atoms with Crippen LogP contribution in [0.3, 0.4) is 0 Å². The molecule has 1 heterocycles. The van der Waals surface area contributed by atoms with Crippen LogP contribution in [0.15, 0.2) is 47.5 Å². The molecule has 0 aliphatic rings. The third-order valence-corrected chi connectivity index (χ3v) is 2.80. The fraction of sp³-hybridized carbons (Fsp3) is 0.167. The summed E-state index contributed by atoms with van der Waals surface area (Å²) < 4.78 is 1.56. The molecule has 82 valence electrons. The molecule has 0 fully saturated rings. The van der Waals surface area contributed by atoms with E-state index < -0.39 is 0 Å². The van der Waals surface area contributed by atoms with E-state index in [4.69, 9.17) is 0 Å². The van der Waals surface area contributed by atoms with Crippen LogP contribution in [0.1, 0.15) is 0 Å². The summed E-state index contributed by atoms with van der Waals surface area (Å²) in [4.78, 5) is 16.3. The molecule has 0 atom stereocenters. The molecule has 3 nitrogen and oxygen atoms in total. The second-order valence-electron chi connectivity index (χ2n) is 3.60. The number of hydrogen-bond donors (Lipinski definition) is 1. The van der Waals surface area contributed by atoms with Gasteiger partial charge in [-0.05, 0) is 17.7 Å². The lowest BCUT2D eigenvalue weighted by molar-refractivity contribution is 0.740. The summed E-state index contributed by atoms with van der Waals surface area (Å²) in [6, 6.07) is 7.31. The van der Waals surface area contributed by atoms with Crippen LogP contribution in [0, 0.1) is 0 Å². The van der Waals surface area contributed by atoms with Crippen molar-refractivity contribution in [2.45, 2.75) is 6.54 Å². The number of thiol groups is 1. The van der Waals surface area contributed by atoms with Crippen LogP contribution < -0.4 is 5.56 Å². The third-order valence-electron chi connectivity index (χ3n) is 2.35. The van der Waals surface area contributed by atoms with Gasteiger partial charge in [-0.3, -0.25) is 9.36 Å². The summed E-state index contributed by atoms with van der Waals surface area (Å²) in [5.74, 6) is 0.569. The first-order valence-corrected chi connectivity index (χ1v) is 5.57. The largest absolute Gasteiger partial charge is 0.295 e. The first kappa shape index (κ1) is 11.0. The van der Waals surface area contributed by atoms with Crippen LogP contribution in [0.25, 0.3) is 10.9 Å². The van der Waals surface area contributed by atoms with Crippen molar-refractivity contribution in [2.24, 2.45) is 0 Å². The Bertz CT molecular complexity index is 589. The molecule has 1 aromatic carbocycles. The summed E-state index contributed by atoms with van der Waals surface area (Å²) in [7, 11) is 0. The molecular weight excluding hydrogens is 220 g/mol. The second-order valence-corrected chi connectivity index (χ2v) is 3.92. The summed E-state index contributed by atoms with van der Waals surface area (Å²) in [6.07, 6.45) is 1.55. The number of rotatable bonds is 3. The molecule has 0 aliphatic heterocycles. The lowest BCUT2D eigenvalue weighted by Crippen LogP contribution is -2.21. The lowest BCUT2D eigenvalue weighted by Gasteiger charge is -2.06. The minimum Gasteiger partial charge on any atom is -0.295 e. The van der Waals surface area contributed by atoms with Gasteiger partial charge in [-0.25, -0.2) is 4.98 Å². The van der Waals surface area contributed by atoms with Crippen LogP contribution in [0.4, 0.5) is 0 Å². The Balaban J connectivity index is 2.53. The summed E-state index contributed by atoms with van der Waals surface area (Å²) in [6.45, 7) is 4.30. The average molecular weight is 232 g/mol. The topological polar surface area (TPSA) is 34.9 Å². The smallest absolute Gasteiger partial charge is 0.261 e. The van der Waals surface area contributed by atoms with Crippen molar-refractivity contribution in [1.29, 1.82) is 0 Å². The lowest BCUT2D eigenvalue weighted by atomic mass is 10.2. The van der Waals surface area contributed by atoms with E-state index in [1.807, 2.05) is 18.2 Å². The van der Waals surface area contributed by atoms with Gasteiger partial charge in [0.05, 0.1) is 17.2 Å². The molecule has 0 aliphatic carbocycles. The maximum atomic E-state index is 12.0. The van der Waals surface area contributed by atoms with E-state index >= 15 is 0 Å². The molecule has 0 bridgehead atoms. The van der Waals surface area contributed by atoms with E-state index in [9.17, 15) is 4.79 Å². The third kappa shape index (κ3) is 2.02. The van der Waals surface area contributed by atoms with Gasteiger partial charge in [0.15, 0.2) is 0 Å². The van der Waals surface area contributed by atoms with Gasteiger partial charge in [0.2, 0.25) is 0 Å². The highest BCUT2D eigenvalue weighted by Crippen LogP contribution is 2.05. The molecule has 1 aromatic heterocycles. The highest BCUT2D eigenvalue weighted by atomic mass is 32.1. The summed E-state index contributed by atoms with van der Waals surface area (Å²) in [5.41, 5.74) is 1.58. The van der Waals surface area contributed by atoms with E-state index in [2.05, 4.69) is 24.2 Å². The zero-order chi connectivity index (χ0) is 11.5. The van der Waals surface area contributed by atoms with Gasteiger partial charge in [0.1, 0.15) is 0 Å². The van der Waals surface area contributed by atoms with Crippen LogP contribution >= 0.6 is 12.6 Å². The van der Waals surface area contributed by atoms with Crippen LogP contribution in [-0.4, -0.2) is 15.3 Å². The van der Waals surface area contributed by atoms with Gasteiger partial charge in [-0.1, -0.05) is 18.7 Å². The zero-order valence-electron chi connectivity index (χ0n) is 8.76. The van der Waals surface area contributed by atoms with Crippen LogP contribution in [-0.2, 0) is 6.54 Å². The fourth-order valence-corrected chi connectivity index (χ4v) is 1.61. The van der Waals surface area contributed by atoms with Crippen molar-refractivity contribution in [3.8, 4) is 0 Å². The highest BCUT2D eigenvalue weighted by molar-refractivity contribution is 7.80. The van der Waals surface area contributed by atoms with E-state index in [0.717, 1.165) is 11.1 Å². The highest BCUT2D eigenvalue weighted by Gasteiger charge is 2.03. The van der Waals surface area contributed by atoms with Crippen molar-refractivity contribution < 1.29 is 0 Å². The monoisotopic (exact) mass is 232 g/mol. The summed E-state index contributed by atoms with van der Waals surface area (Å²) >= 11 is 4.12. The van der Waals surface area contributed by atoms with Crippen molar-refractivity contribution in [3.05, 3.63) is 53.1 Å². The van der Waals surface area contributed by atoms with Crippen molar-refractivity contribution in [2.75, 3.05) is 5.75 Å². The molecule has 2 rings (SSSR count). The van der Waals surface area contributed by atoms with E-state index in [1.165, 1.54) is 0 Å². The normalized spacial score (nSPS) is 10.6. The molecule has 0 saturated carbocycles. The van der Waals surface area contributed by atoms with Gasteiger partial charge in [0.25, 0.3) is 5.56 Å². The van der Waals surface area contributed by atoms with Gasteiger partial charge < -0.3 is 0 Å².